The van der Waals surface area contributed by atoms with Crippen LogP contribution in [0.2, 0.25) is 0 Å². The van der Waals surface area contributed by atoms with E-state index in [0.29, 0.717) is 5.56 Å². The van der Waals surface area contributed by atoms with Crippen molar-refractivity contribution in [3.63, 3.8) is 0 Å². The highest BCUT2D eigenvalue weighted by Gasteiger charge is 2.29. The molecule has 0 spiro atoms. The van der Waals surface area contributed by atoms with E-state index < -0.39 is 11.2 Å². The van der Waals surface area contributed by atoms with Gasteiger partial charge in [0.2, 0.25) is 5.91 Å². The zero-order valence-electron chi connectivity index (χ0n) is 14.7. The van der Waals surface area contributed by atoms with E-state index in [-0.39, 0.29) is 18.4 Å². The quantitative estimate of drug-likeness (QED) is 0.778. The van der Waals surface area contributed by atoms with Crippen molar-refractivity contribution in [2.75, 3.05) is 39.4 Å². The molecule has 0 bridgehead atoms. The number of carbonyl (C=O) groups is 1. The third kappa shape index (κ3) is 4.19. The lowest BCUT2D eigenvalue weighted by atomic mass is 10.00. The standard InChI is InChI=1S/C17H26N4O4/c1-19-16(23)13(11-18-17(19)24)10-15(22)21-5-3-2-4-14(21)12-20-6-8-25-9-7-20/h11,14H,2-10,12H2,1H3,(H,18,24)/t14-/m0/s1. The van der Waals surface area contributed by atoms with Crippen LogP contribution in [-0.2, 0) is 23.0 Å². The lowest BCUT2D eigenvalue weighted by Gasteiger charge is -2.39. The molecular weight excluding hydrogens is 324 g/mol. The SMILES string of the molecule is Cn1c(=O)[nH]cc(CC(=O)N2CCCC[C@H]2CN2CCOCC2)c1=O. The summed E-state index contributed by atoms with van der Waals surface area (Å²) in [5.74, 6) is -0.0397. The maximum Gasteiger partial charge on any atom is 0.328 e. The van der Waals surface area contributed by atoms with Gasteiger partial charge in [0.05, 0.1) is 19.6 Å². The zero-order chi connectivity index (χ0) is 17.8. The summed E-state index contributed by atoms with van der Waals surface area (Å²) in [4.78, 5) is 43.2. The van der Waals surface area contributed by atoms with Crippen LogP contribution in [-0.4, -0.2) is 70.7 Å². The van der Waals surface area contributed by atoms with Crippen molar-refractivity contribution in [3.05, 3.63) is 32.6 Å². The van der Waals surface area contributed by atoms with Crippen molar-refractivity contribution in [1.29, 1.82) is 0 Å². The van der Waals surface area contributed by atoms with Crippen molar-refractivity contribution in [2.24, 2.45) is 7.05 Å². The van der Waals surface area contributed by atoms with Gasteiger partial charge in [-0.15, -0.1) is 0 Å². The van der Waals surface area contributed by atoms with E-state index in [1.807, 2.05) is 4.90 Å². The Bertz CT molecular complexity index is 720. The summed E-state index contributed by atoms with van der Waals surface area (Å²) in [5, 5.41) is 0. The molecule has 2 aliphatic rings. The monoisotopic (exact) mass is 350 g/mol. The van der Waals surface area contributed by atoms with Crippen LogP contribution < -0.4 is 11.2 Å². The number of morpholine rings is 1. The molecule has 8 nitrogen and oxygen atoms in total. The zero-order valence-corrected chi connectivity index (χ0v) is 14.7. The Labute approximate surface area is 146 Å². The Balaban J connectivity index is 1.69. The Morgan fingerprint density at radius 2 is 2.00 bits per heavy atom. The summed E-state index contributed by atoms with van der Waals surface area (Å²) in [6.07, 6.45) is 4.51. The topological polar surface area (TPSA) is 87.6 Å². The van der Waals surface area contributed by atoms with Gasteiger partial charge in [0, 0.05) is 51.0 Å². The Kier molecular flexibility index (Phi) is 5.70. The fourth-order valence-electron chi connectivity index (χ4n) is 3.61. The fourth-order valence-corrected chi connectivity index (χ4v) is 3.61. The first-order valence-electron chi connectivity index (χ1n) is 8.93. The molecule has 2 fully saturated rings. The predicted molar refractivity (Wildman–Crippen MR) is 92.6 cm³/mol. The minimum Gasteiger partial charge on any atom is -0.379 e. The maximum absolute atomic E-state index is 12.8. The van der Waals surface area contributed by atoms with E-state index in [9.17, 15) is 14.4 Å². The first-order valence-corrected chi connectivity index (χ1v) is 8.93. The molecule has 1 aromatic rings. The second-order valence-corrected chi connectivity index (χ2v) is 6.81. The van der Waals surface area contributed by atoms with E-state index in [2.05, 4.69) is 9.88 Å². The molecule has 138 valence electrons. The largest absolute Gasteiger partial charge is 0.379 e. The molecule has 25 heavy (non-hydrogen) atoms. The Morgan fingerprint density at radius 3 is 2.76 bits per heavy atom. The van der Waals surface area contributed by atoms with E-state index in [0.717, 1.165) is 63.2 Å². The van der Waals surface area contributed by atoms with Crippen molar-refractivity contribution in [3.8, 4) is 0 Å². The highest BCUT2D eigenvalue weighted by molar-refractivity contribution is 5.79. The molecule has 0 aliphatic carbocycles. The highest BCUT2D eigenvalue weighted by atomic mass is 16.5. The van der Waals surface area contributed by atoms with E-state index in [1.54, 1.807) is 0 Å². The molecule has 2 saturated heterocycles. The lowest BCUT2D eigenvalue weighted by Crippen LogP contribution is -2.52. The summed E-state index contributed by atoms with van der Waals surface area (Å²) in [6.45, 7) is 4.89. The van der Waals surface area contributed by atoms with Gasteiger partial charge in [-0.25, -0.2) is 4.79 Å². The van der Waals surface area contributed by atoms with Gasteiger partial charge in [0.1, 0.15) is 0 Å². The predicted octanol–water partition coefficient (Wildman–Crippen LogP) is -0.671. The number of H-pyrrole nitrogens is 1. The van der Waals surface area contributed by atoms with Crippen LogP contribution in [0.4, 0.5) is 0 Å². The van der Waals surface area contributed by atoms with Gasteiger partial charge in [0.25, 0.3) is 5.56 Å². The van der Waals surface area contributed by atoms with Crippen LogP contribution in [0.25, 0.3) is 0 Å². The van der Waals surface area contributed by atoms with E-state index in [1.165, 1.54) is 13.2 Å². The van der Waals surface area contributed by atoms with E-state index in [4.69, 9.17) is 4.74 Å². The van der Waals surface area contributed by atoms with Crippen LogP contribution in [0.1, 0.15) is 24.8 Å². The average Bonchev–Trinajstić information content (AvgIpc) is 2.63. The number of carbonyl (C=O) groups excluding carboxylic acids is 1. The number of likely N-dealkylation sites (tertiary alicyclic amines) is 1. The molecular formula is C17H26N4O4. The Morgan fingerprint density at radius 1 is 1.24 bits per heavy atom. The summed E-state index contributed by atoms with van der Waals surface area (Å²) in [7, 11) is 1.41. The van der Waals surface area contributed by atoms with Crippen molar-refractivity contribution < 1.29 is 9.53 Å². The molecule has 0 aromatic carbocycles. The average molecular weight is 350 g/mol. The number of ether oxygens (including phenoxy) is 1. The fraction of sp³-hybridized carbons (Fsp3) is 0.706. The number of aromatic nitrogens is 2. The molecule has 2 aliphatic heterocycles. The van der Waals surface area contributed by atoms with Gasteiger partial charge in [-0.05, 0) is 19.3 Å². The van der Waals surface area contributed by atoms with Crippen molar-refractivity contribution in [2.45, 2.75) is 31.7 Å². The summed E-state index contributed by atoms with van der Waals surface area (Å²) in [6, 6.07) is 0.186. The summed E-state index contributed by atoms with van der Waals surface area (Å²) >= 11 is 0. The van der Waals surface area contributed by atoms with Gasteiger partial charge in [-0.1, -0.05) is 0 Å². The van der Waals surface area contributed by atoms with Gasteiger partial charge >= 0.3 is 5.69 Å². The van der Waals surface area contributed by atoms with E-state index >= 15 is 0 Å². The molecule has 1 atom stereocenters. The number of hydrogen-bond acceptors (Lipinski definition) is 5. The van der Waals surface area contributed by atoms with Crippen LogP contribution in [0.5, 0.6) is 0 Å². The first kappa shape index (κ1) is 17.9. The molecule has 0 radical (unpaired) electrons. The number of amides is 1. The molecule has 3 rings (SSSR count). The molecule has 1 N–H and O–H groups in total. The van der Waals surface area contributed by atoms with Crippen LogP contribution in [0.3, 0.4) is 0 Å². The number of nitrogens with one attached hydrogen (secondary N) is 1. The second-order valence-electron chi connectivity index (χ2n) is 6.81. The maximum atomic E-state index is 12.8. The highest BCUT2D eigenvalue weighted by Crippen LogP contribution is 2.19. The first-order chi connectivity index (χ1) is 12.1. The Hall–Kier alpha value is -1.93. The summed E-state index contributed by atoms with van der Waals surface area (Å²) < 4.78 is 6.39. The van der Waals surface area contributed by atoms with Gasteiger partial charge in [0.15, 0.2) is 0 Å². The molecule has 0 saturated carbocycles. The lowest BCUT2D eigenvalue weighted by molar-refractivity contribution is -0.134. The number of hydrogen-bond donors (Lipinski definition) is 1. The number of aromatic amines is 1. The van der Waals surface area contributed by atoms with Crippen molar-refractivity contribution >= 4 is 5.91 Å². The third-order valence-electron chi connectivity index (χ3n) is 5.12. The third-order valence-corrected chi connectivity index (χ3v) is 5.12. The van der Waals surface area contributed by atoms with Crippen LogP contribution >= 0.6 is 0 Å². The smallest absolute Gasteiger partial charge is 0.328 e. The van der Waals surface area contributed by atoms with Crippen LogP contribution in [0.15, 0.2) is 15.8 Å². The molecule has 8 heteroatoms. The number of rotatable bonds is 4. The van der Waals surface area contributed by atoms with Crippen molar-refractivity contribution in [1.82, 2.24) is 19.4 Å². The number of piperidine rings is 1. The van der Waals surface area contributed by atoms with Gasteiger partial charge < -0.3 is 14.6 Å². The molecule has 0 unspecified atom stereocenters. The van der Waals surface area contributed by atoms with Crippen LogP contribution in [0, 0.1) is 0 Å². The summed E-state index contributed by atoms with van der Waals surface area (Å²) in [5.41, 5.74) is -0.536. The minimum atomic E-state index is -0.468. The van der Waals surface area contributed by atoms with Gasteiger partial charge in [-0.3, -0.25) is 19.1 Å². The number of nitrogens with zero attached hydrogens (tertiary/aromatic N) is 3. The van der Waals surface area contributed by atoms with Gasteiger partial charge in [-0.2, -0.15) is 0 Å². The normalized spacial score (nSPS) is 22.1. The minimum absolute atomic E-state index is 0.0308. The molecule has 3 heterocycles. The molecule has 1 aromatic heterocycles. The molecule has 1 amide bonds. The second kappa shape index (κ2) is 7.97.